The van der Waals surface area contributed by atoms with Gasteiger partial charge in [0.15, 0.2) is 0 Å². The Bertz CT molecular complexity index is 968. The molecular weight excluding hydrogens is 328 g/mol. The SMILES string of the molecule is NC(=O)c1ccnc(NCCc2cc3cc(Cl)ccc3[nH]c2=O)c1. The molecule has 0 fully saturated rings. The van der Waals surface area contributed by atoms with E-state index in [0.29, 0.717) is 34.9 Å². The second-order valence-corrected chi connectivity index (χ2v) is 5.76. The largest absolute Gasteiger partial charge is 0.370 e. The van der Waals surface area contributed by atoms with Gasteiger partial charge < -0.3 is 16.0 Å². The highest BCUT2D eigenvalue weighted by Crippen LogP contribution is 2.17. The Kier molecular flexibility index (Phi) is 4.48. The molecule has 0 atom stereocenters. The number of amides is 1. The van der Waals surface area contributed by atoms with Gasteiger partial charge in [-0.2, -0.15) is 0 Å². The number of rotatable bonds is 5. The third kappa shape index (κ3) is 3.55. The molecule has 3 rings (SSSR count). The van der Waals surface area contributed by atoms with Crippen molar-refractivity contribution in [2.75, 3.05) is 11.9 Å². The van der Waals surface area contributed by atoms with Crippen molar-refractivity contribution >= 4 is 34.2 Å². The van der Waals surface area contributed by atoms with Crippen LogP contribution < -0.4 is 16.6 Å². The summed E-state index contributed by atoms with van der Waals surface area (Å²) in [4.78, 5) is 30.2. The second kappa shape index (κ2) is 6.72. The molecule has 0 unspecified atom stereocenters. The zero-order valence-electron chi connectivity index (χ0n) is 12.7. The Hall–Kier alpha value is -2.86. The highest BCUT2D eigenvalue weighted by molar-refractivity contribution is 6.31. The van der Waals surface area contributed by atoms with E-state index in [4.69, 9.17) is 17.3 Å². The molecule has 0 aliphatic carbocycles. The molecule has 1 aromatic carbocycles. The topological polar surface area (TPSA) is 101 Å². The van der Waals surface area contributed by atoms with Crippen LogP contribution >= 0.6 is 11.6 Å². The molecule has 0 bridgehead atoms. The normalized spacial score (nSPS) is 10.7. The van der Waals surface area contributed by atoms with Crippen LogP contribution in [0.3, 0.4) is 0 Å². The molecule has 122 valence electrons. The molecular formula is C17H15ClN4O2. The summed E-state index contributed by atoms with van der Waals surface area (Å²) in [5, 5.41) is 4.57. The first kappa shape index (κ1) is 16.0. The number of nitrogens with one attached hydrogen (secondary N) is 2. The Balaban J connectivity index is 1.74. The van der Waals surface area contributed by atoms with E-state index in [1.807, 2.05) is 12.1 Å². The number of aromatic nitrogens is 2. The molecule has 2 aromatic heterocycles. The number of hydrogen-bond donors (Lipinski definition) is 3. The van der Waals surface area contributed by atoms with E-state index < -0.39 is 5.91 Å². The Labute approximate surface area is 142 Å². The number of primary amides is 1. The average Bonchev–Trinajstić information content (AvgIpc) is 2.56. The van der Waals surface area contributed by atoms with E-state index in [1.165, 1.54) is 6.20 Å². The number of H-pyrrole nitrogens is 1. The van der Waals surface area contributed by atoms with Crippen LogP contribution in [-0.4, -0.2) is 22.4 Å². The van der Waals surface area contributed by atoms with Gasteiger partial charge in [0.25, 0.3) is 5.56 Å². The van der Waals surface area contributed by atoms with Gasteiger partial charge >= 0.3 is 0 Å². The number of carbonyl (C=O) groups is 1. The number of hydrogen-bond acceptors (Lipinski definition) is 4. The van der Waals surface area contributed by atoms with Gasteiger partial charge in [0, 0.05) is 34.4 Å². The summed E-state index contributed by atoms with van der Waals surface area (Å²) >= 11 is 5.99. The van der Waals surface area contributed by atoms with Crippen LogP contribution in [-0.2, 0) is 6.42 Å². The first-order chi connectivity index (χ1) is 11.5. The number of benzene rings is 1. The predicted octanol–water partition coefficient (Wildman–Crippen LogP) is 2.33. The molecule has 0 saturated carbocycles. The number of fused-ring (bicyclic) bond motifs is 1. The van der Waals surface area contributed by atoms with E-state index in [9.17, 15) is 9.59 Å². The van der Waals surface area contributed by atoms with Crippen molar-refractivity contribution in [3.05, 3.63) is 69.1 Å². The van der Waals surface area contributed by atoms with Crippen molar-refractivity contribution in [2.45, 2.75) is 6.42 Å². The van der Waals surface area contributed by atoms with E-state index in [2.05, 4.69) is 15.3 Å². The summed E-state index contributed by atoms with van der Waals surface area (Å²) in [6, 6.07) is 10.3. The van der Waals surface area contributed by atoms with Crippen LogP contribution in [0.1, 0.15) is 15.9 Å². The Morgan fingerprint density at radius 1 is 1.25 bits per heavy atom. The number of aromatic amines is 1. The summed E-state index contributed by atoms with van der Waals surface area (Å²) < 4.78 is 0. The standard InChI is InChI=1S/C17H15ClN4O2/c18-13-1-2-14-12(8-13)7-11(17(24)22-14)4-6-21-15-9-10(16(19)23)3-5-20-15/h1-3,5,7-9H,4,6H2,(H2,19,23)(H,20,21)(H,22,24). The van der Waals surface area contributed by atoms with E-state index in [0.717, 1.165) is 10.9 Å². The number of nitrogens with zero attached hydrogens (tertiary/aromatic N) is 1. The number of anilines is 1. The molecule has 24 heavy (non-hydrogen) atoms. The van der Waals surface area contributed by atoms with Gasteiger partial charge in [0.1, 0.15) is 5.82 Å². The molecule has 1 amide bonds. The zero-order chi connectivity index (χ0) is 17.1. The first-order valence-electron chi connectivity index (χ1n) is 7.34. The Morgan fingerprint density at radius 3 is 2.88 bits per heavy atom. The van der Waals surface area contributed by atoms with Gasteiger partial charge in [-0.25, -0.2) is 4.98 Å². The lowest BCUT2D eigenvalue weighted by molar-refractivity contribution is 0.1000. The third-order valence-electron chi connectivity index (χ3n) is 3.63. The van der Waals surface area contributed by atoms with Crippen LogP contribution in [0.5, 0.6) is 0 Å². The summed E-state index contributed by atoms with van der Waals surface area (Å²) in [6.07, 6.45) is 2.01. The molecule has 3 aromatic rings. The van der Waals surface area contributed by atoms with Gasteiger partial charge in [-0.05, 0) is 48.2 Å². The molecule has 0 aliphatic rings. The second-order valence-electron chi connectivity index (χ2n) is 5.33. The van der Waals surface area contributed by atoms with Gasteiger partial charge in [0.05, 0.1) is 0 Å². The van der Waals surface area contributed by atoms with Gasteiger partial charge in [0.2, 0.25) is 5.91 Å². The quantitative estimate of drug-likeness (QED) is 0.662. The highest BCUT2D eigenvalue weighted by atomic mass is 35.5. The number of halogens is 1. The molecule has 0 saturated heterocycles. The van der Waals surface area contributed by atoms with Crippen molar-refractivity contribution in [3.63, 3.8) is 0 Å². The molecule has 2 heterocycles. The molecule has 0 radical (unpaired) electrons. The fourth-order valence-electron chi connectivity index (χ4n) is 2.41. The fraction of sp³-hybridized carbons (Fsp3) is 0.118. The van der Waals surface area contributed by atoms with Gasteiger partial charge in [-0.3, -0.25) is 9.59 Å². The van der Waals surface area contributed by atoms with Crippen molar-refractivity contribution < 1.29 is 4.79 Å². The predicted molar refractivity (Wildman–Crippen MR) is 94.5 cm³/mol. The molecule has 0 aliphatic heterocycles. The summed E-state index contributed by atoms with van der Waals surface area (Å²) in [7, 11) is 0. The van der Waals surface area contributed by atoms with Crippen LogP contribution in [0.2, 0.25) is 5.02 Å². The number of nitrogens with two attached hydrogens (primary N) is 1. The minimum atomic E-state index is -0.511. The molecule has 6 nitrogen and oxygen atoms in total. The van der Waals surface area contributed by atoms with Crippen molar-refractivity contribution in [1.29, 1.82) is 0 Å². The van der Waals surface area contributed by atoms with Crippen molar-refractivity contribution in [2.24, 2.45) is 5.73 Å². The number of pyridine rings is 2. The minimum Gasteiger partial charge on any atom is -0.370 e. The monoisotopic (exact) mass is 342 g/mol. The summed E-state index contributed by atoms with van der Waals surface area (Å²) in [6.45, 7) is 0.490. The fourth-order valence-corrected chi connectivity index (χ4v) is 2.59. The summed E-state index contributed by atoms with van der Waals surface area (Å²) in [5.41, 5.74) is 6.87. The first-order valence-corrected chi connectivity index (χ1v) is 7.72. The van der Waals surface area contributed by atoms with Crippen molar-refractivity contribution in [1.82, 2.24) is 9.97 Å². The highest BCUT2D eigenvalue weighted by Gasteiger charge is 2.05. The zero-order valence-corrected chi connectivity index (χ0v) is 13.4. The molecule has 7 heteroatoms. The molecule has 4 N–H and O–H groups in total. The Morgan fingerprint density at radius 2 is 2.08 bits per heavy atom. The van der Waals surface area contributed by atoms with Crippen LogP contribution in [0.25, 0.3) is 10.9 Å². The lowest BCUT2D eigenvalue weighted by Gasteiger charge is -2.07. The lowest BCUT2D eigenvalue weighted by atomic mass is 10.1. The van der Waals surface area contributed by atoms with Crippen LogP contribution in [0.15, 0.2) is 47.4 Å². The van der Waals surface area contributed by atoms with Crippen LogP contribution in [0, 0.1) is 0 Å². The van der Waals surface area contributed by atoms with E-state index >= 15 is 0 Å². The third-order valence-corrected chi connectivity index (χ3v) is 3.86. The average molecular weight is 343 g/mol. The maximum absolute atomic E-state index is 12.1. The van der Waals surface area contributed by atoms with Gasteiger partial charge in [-0.15, -0.1) is 0 Å². The maximum Gasteiger partial charge on any atom is 0.251 e. The lowest BCUT2D eigenvalue weighted by Crippen LogP contribution is -2.17. The number of carbonyl (C=O) groups excluding carboxylic acids is 1. The van der Waals surface area contributed by atoms with E-state index in [1.54, 1.807) is 24.3 Å². The van der Waals surface area contributed by atoms with Crippen molar-refractivity contribution in [3.8, 4) is 0 Å². The molecule has 0 spiro atoms. The summed E-state index contributed by atoms with van der Waals surface area (Å²) in [5.74, 6) is 0.0230. The maximum atomic E-state index is 12.1. The van der Waals surface area contributed by atoms with E-state index in [-0.39, 0.29) is 5.56 Å². The van der Waals surface area contributed by atoms with Gasteiger partial charge in [-0.1, -0.05) is 11.6 Å². The van der Waals surface area contributed by atoms with Crippen LogP contribution in [0.4, 0.5) is 5.82 Å². The minimum absolute atomic E-state index is 0.134. The smallest absolute Gasteiger partial charge is 0.251 e.